The lowest BCUT2D eigenvalue weighted by Crippen LogP contribution is -2.62. The van der Waals surface area contributed by atoms with Crippen LogP contribution in [0.2, 0.25) is 0 Å². The van der Waals surface area contributed by atoms with Crippen LogP contribution < -0.4 is 26.6 Å². The van der Waals surface area contributed by atoms with Crippen LogP contribution in [0.1, 0.15) is 55.6 Å². The summed E-state index contributed by atoms with van der Waals surface area (Å²) in [4.78, 5) is 67.0. The Hall–Kier alpha value is -8.99. The van der Waals surface area contributed by atoms with E-state index in [1.54, 1.807) is 121 Å². The third-order valence-electron chi connectivity index (χ3n) is 23.4. The number of ether oxygens (including phenoxy) is 21. The number of hydrogen-bond acceptors (Lipinski definition) is 46. The van der Waals surface area contributed by atoms with Gasteiger partial charge in [-0.05, 0) is 55.6 Å². The topological polar surface area (TPSA) is 744 Å². The molecule has 6 aliphatic rings. The Morgan fingerprint density at radius 1 is 0.211 bits per heavy atom. The summed E-state index contributed by atoms with van der Waals surface area (Å²) in [5.41, 5.74) is 5.40. The quantitative estimate of drug-likeness (QED) is 0.0127. The first-order valence-electron chi connectivity index (χ1n) is 45.7. The molecule has 0 unspecified atom stereocenters. The van der Waals surface area contributed by atoms with Gasteiger partial charge >= 0.3 is 30.5 Å². The second-order valence-corrected chi connectivity index (χ2v) is 33.6. The highest BCUT2D eigenvalue weighted by Gasteiger charge is 2.52. The van der Waals surface area contributed by atoms with E-state index in [0.717, 1.165) is 0 Å². The molecule has 6 fully saturated rings. The maximum Gasteiger partial charge on any atom is 0.407 e. The predicted octanol–water partition coefficient (Wildman–Crippen LogP) is -6.89. The Kier molecular flexibility index (Phi) is 46.1. The number of aliphatic hydroxyl groups excluding tert-OH is 20. The van der Waals surface area contributed by atoms with Gasteiger partial charge in [-0.25, -0.2) is 24.0 Å². The van der Waals surface area contributed by atoms with E-state index in [-0.39, 0.29) is 132 Å². The van der Waals surface area contributed by atoms with Crippen LogP contribution in [0.5, 0.6) is 0 Å². The summed E-state index contributed by atoms with van der Waals surface area (Å²) in [6.45, 7) is -8.53. The van der Waals surface area contributed by atoms with Crippen molar-refractivity contribution in [1.29, 1.82) is 0 Å². The predicted molar refractivity (Wildman–Crippen MR) is 471 cm³/mol. The van der Waals surface area contributed by atoms with Crippen molar-refractivity contribution in [1.82, 2.24) is 26.6 Å². The molecule has 0 saturated carbocycles. The summed E-state index contributed by atoms with van der Waals surface area (Å²) in [6, 6.07) is 32.5. The van der Waals surface area contributed by atoms with Gasteiger partial charge in [-0.2, -0.15) is 0 Å². The molecule has 0 bridgehead atoms. The molecule has 51 heteroatoms. The summed E-state index contributed by atoms with van der Waals surface area (Å²) < 4.78 is 122. The van der Waals surface area contributed by atoms with Gasteiger partial charge in [0.25, 0.3) is 0 Å². The van der Waals surface area contributed by atoms with Crippen LogP contribution in [0.25, 0.3) is 0 Å². The molecule has 30 atom stereocenters. The third-order valence-corrected chi connectivity index (χ3v) is 23.4. The molecular formula is C91H127N5O46. The van der Waals surface area contributed by atoms with E-state index < -0.39 is 254 Å². The van der Waals surface area contributed by atoms with Crippen LogP contribution in [0, 0.1) is 0 Å². The summed E-state index contributed by atoms with van der Waals surface area (Å²) >= 11 is 0. The van der Waals surface area contributed by atoms with Crippen molar-refractivity contribution in [3.05, 3.63) is 177 Å². The number of hydrogen-bond donors (Lipinski definition) is 25. The molecular weight excluding hydrogens is 1900 g/mol. The molecule has 0 radical (unpaired) electrons. The van der Waals surface area contributed by atoms with E-state index in [0.29, 0.717) is 55.6 Å². The second kappa shape index (κ2) is 57.8. The Bertz CT molecular complexity index is 4530. The lowest BCUT2D eigenvalue weighted by atomic mass is 9.98. The molecule has 792 valence electrons. The second-order valence-electron chi connectivity index (χ2n) is 33.6. The SMILES string of the molecule is O=C(NCCOC[C@H]1O[C@H](OCCNC(=O)OCc2ccc(CO[C@@H]3O[C@H](CO)[C@@H](O)[C@H](O)[C@H]3O)cc2)[C@H](OCCNC(=O)OCc2ccc(CO[C@@H]3O[C@H](CO)[C@@H](O)[C@H](O)[C@H]3O)cc2)[C@@H](OCCNC(=O)OCc2ccc(CO[C@@H]3O[C@H](CO)[C@@H](O)[C@H](O)[C@H]3O)cc2)[C@@H]1OCCNC(=O)OCc1ccc(CO[C@@H]2O[C@H](CO)[C@@H](O)[C@H](O)[C@H]2O)cc1)OCc1ccc(CO[C@@H]2O[C@H](CO)[C@@H](O)[C@H](O)[C@H]2O)cc1. The molecule has 0 spiro atoms. The van der Waals surface area contributed by atoms with Crippen LogP contribution in [0.3, 0.4) is 0 Å². The first-order chi connectivity index (χ1) is 68.4. The number of alkyl carbamates (subject to hydrolysis) is 5. The minimum absolute atomic E-state index is 0.128. The standard InChI is InChI=1S/C91H127N5O46/c97-31-57-63(102)68(107)73(112)81(137-57)127-36-47-1-11-52(12-2-47)41-132-87(117)92-21-26-122-46-62-78(123-27-22-93-88(118)133-42-53-13-3-48(4-14-53)37-128-82-74(113)69(108)64(103)58(32-98)138-82)79(124-28-23-94-89(119)134-43-54-15-5-49(6-16-54)38-129-83-75(114)70(109)65(104)59(33-99)139-83)80(125-29-24-95-90(120)135-44-55-17-7-50(8-18-55)39-130-84-76(115)71(110)66(105)60(34-100)140-84)86(142-62)126-30-25-96-91(121)136-45-56-19-9-51(10-20-56)40-131-85-77(116)72(111)67(106)61(35-101)141-85/h1-20,57-86,97-116H,21-46H2,(H,92,117)(H,93,118)(H,94,119)(H,95,120)(H,96,121)/t57-,58-,59-,60-,61-,62-,63-,64-,65-,66-,67-,68+,69+,70+,71+,72+,73-,74-,75-,76-,77-,78-,79+,80-,81-,82-,83-,84-,85-,86+/m1/s1. The van der Waals surface area contributed by atoms with E-state index in [1.807, 2.05) is 0 Å². The average molecular weight is 2030 g/mol. The van der Waals surface area contributed by atoms with Crippen molar-refractivity contribution in [2.45, 2.75) is 250 Å². The zero-order valence-corrected chi connectivity index (χ0v) is 76.8. The molecule has 5 aromatic rings. The Labute approximate surface area is 812 Å². The number of carbonyl (C=O) groups is 5. The molecule has 142 heavy (non-hydrogen) atoms. The maximum atomic E-state index is 13.5. The highest BCUT2D eigenvalue weighted by atomic mass is 16.8. The lowest BCUT2D eigenvalue weighted by Gasteiger charge is -2.45. The van der Waals surface area contributed by atoms with Crippen LogP contribution in [-0.2, 0) is 166 Å². The van der Waals surface area contributed by atoms with E-state index in [1.165, 1.54) is 0 Å². The number of aliphatic hydroxyl groups is 20. The van der Waals surface area contributed by atoms with Crippen LogP contribution in [-0.4, -0.2) is 422 Å². The normalized spacial score (nSPS) is 31.0. The van der Waals surface area contributed by atoms with Crippen LogP contribution in [0.15, 0.2) is 121 Å². The third kappa shape index (κ3) is 33.5. The van der Waals surface area contributed by atoms with Gasteiger partial charge in [0.15, 0.2) is 37.7 Å². The number of nitrogens with one attached hydrogen (secondary N) is 5. The van der Waals surface area contributed by atoms with Gasteiger partial charge in [-0.15, -0.1) is 0 Å². The van der Waals surface area contributed by atoms with E-state index >= 15 is 0 Å². The van der Waals surface area contributed by atoms with Gasteiger partial charge in [-0.1, -0.05) is 121 Å². The summed E-state index contributed by atoms with van der Waals surface area (Å²) in [5, 5.41) is 215. The molecule has 51 nitrogen and oxygen atoms in total. The number of carbonyl (C=O) groups excluding carboxylic acids is 5. The van der Waals surface area contributed by atoms with Crippen molar-refractivity contribution in [2.24, 2.45) is 0 Å². The minimum atomic E-state index is -1.67. The van der Waals surface area contributed by atoms with Gasteiger partial charge in [-0.3, -0.25) is 0 Å². The molecule has 6 aliphatic heterocycles. The Balaban J connectivity index is 0.772. The monoisotopic (exact) mass is 2030 g/mol. The smallest absolute Gasteiger partial charge is 0.407 e. The van der Waals surface area contributed by atoms with Crippen molar-refractivity contribution < 1.29 is 226 Å². The van der Waals surface area contributed by atoms with Crippen molar-refractivity contribution in [3.8, 4) is 0 Å². The molecule has 5 amide bonds. The van der Waals surface area contributed by atoms with E-state index in [4.69, 9.17) is 99.5 Å². The van der Waals surface area contributed by atoms with Gasteiger partial charge < -0.3 is 228 Å². The first kappa shape index (κ1) is 113. The summed E-state index contributed by atoms with van der Waals surface area (Å²) in [6.07, 6.45) is -48.8. The number of rotatable bonds is 51. The molecule has 0 aromatic heterocycles. The van der Waals surface area contributed by atoms with Crippen LogP contribution in [0.4, 0.5) is 24.0 Å². The maximum absolute atomic E-state index is 13.5. The van der Waals surface area contributed by atoms with Crippen molar-refractivity contribution in [3.63, 3.8) is 0 Å². The molecule has 0 aliphatic carbocycles. The molecule has 6 heterocycles. The summed E-state index contributed by atoms with van der Waals surface area (Å²) in [5.74, 6) is 0. The molecule has 11 rings (SSSR count). The molecule has 5 aromatic carbocycles. The van der Waals surface area contributed by atoms with Gasteiger partial charge in [0.2, 0.25) is 0 Å². The Morgan fingerprint density at radius 2 is 0.401 bits per heavy atom. The highest BCUT2D eigenvalue weighted by molar-refractivity contribution is 5.68. The molecule has 25 N–H and O–H groups in total. The number of benzene rings is 5. The fourth-order valence-electron chi connectivity index (χ4n) is 15.1. The number of amides is 5. The lowest BCUT2D eigenvalue weighted by molar-refractivity contribution is -0.322. The van der Waals surface area contributed by atoms with Crippen molar-refractivity contribution in [2.75, 3.05) is 105 Å². The van der Waals surface area contributed by atoms with E-state index in [2.05, 4.69) is 26.6 Å². The minimum Gasteiger partial charge on any atom is -0.445 e. The van der Waals surface area contributed by atoms with Crippen LogP contribution >= 0.6 is 0 Å². The largest absolute Gasteiger partial charge is 0.445 e. The average Bonchev–Trinajstić information content (AvgIpc) is 0.807. The zero-order chi connectivity index (χ0) is 102. The Morgan fingerprint density at radius 3 is 0.627 bits per heavy atom. The first-order valence-corrected chi connectivity index (χ1v) is 45.7. The molecule has 6 saturated heterocycles. The summed E-state index contributed by atoms with van der Waals surface area (Å²) in [7, 11) is 0. The van der Waals surface area contributed by atoms with Gasteiger partial charge in [0.1, 0.15) is 180 Å². The zero-order valence-electron chi connectivity index (χ0n) is 76.8. The van der Waals surface area contributed by atoms with Crippen molar-refractivity contribution >= 4 is 30.5 Å². The van der Waals surface area contributed by atoms with Gasteiger partial charge in [0.05, 0.1) is 106 Å². The fourth-order valence-corrected chi connectivity index (χ4v) is 15.1. The fraction of sp³-hybridized carbons (Fsp3) is 0.615. The highest BCUT2D eigenvalue weighted by Crippen LogP contribution is 2.33. The van der Waals surface area contributed by atoms with Gasteiger partial charge in [0, 0.05) is 32.7 Å². The van der Waals surface area contributed by atoms with E-state index in [9.17, 15) is 126 Å².